The summed E-state index contributed by atoms with van der Waals surface area (Å²) in [4.78, 5) is 13.9. The molecule has 1 aromatic rings. The van der Waals surface area contributed by atoms with Gasteiger partial charge in [-0.3, -0.25) is 4.79 Å². The van der Waals surface area contributed by atoms with Crippen molar-refractivity contribution in [1.82, 2.24) is 4.90 Å². The van der Waals surface area contributed by atoms with Gasteiger partial charge >= 0.3 is 0 Å². The average Bonchev–Trinajstić information content (AvgIpc) is 2.40. The summed E-state index contributed by atoms with van der Waals surface area (Å²) in [6.07, 6.45) is -0.500. The molecular weight excluding hydrogens is 240 g/mol. The van der Waals surface area contributed by atoms with Gasteiger partial charge in [-0.15, -0.1) is 0 Å². The first-order chi connectivity index (χ1) is 9.01. The molecule has 1 unspecified atom stereocenters. The van der Waals surface area contributed by atoms with Gasteiger partial charge in [-0.25, -0.2) is 0 Å². The second kappa shape index (κ2) is 7.14. The molecule has 0 saturated heterocycles. The van der Waals surface area contributed by atoms with Gasteiger partial charge in [0.2, 0.25) is 0 Å². The molecule has 2 atom stereocenters. The number of nitrogens with zero attached hydrogens (tertiary/aromatic N) is 1. The summed E-state index contributed by atoms with van der Waals surface area (Å²) in [6, 6.07) is 7.46. The molecule has 0 bridgehead atoms. The fourth-order valence-corrected chi connectivity index (χ4v) is 2.00. The van der Waals surface area contributed by atoms with Crippen molar-refractivity contribution in [3.63, 3.8) is 0 Å². The number of nitrogens with two attached hydrogens (primary N) is 1. The highest BCUT2D eigenvalue weighted by Gasteiger charge is 2.21. The number of ether oxygens (including phenoxy) is 1. The average molecular weight is 264 g/mol. The summed E-state index contributed by atoms with van der Waals surface area (Å²) in [5.41, 5.74) is 6.82. The first-order valence-electron chi connectivity index (χ1n) is 6.81. The minimum atomic E-state index is -0.500. The summed E-state index contributed by atoms with van der Waals surface area (Å²) in [6.45, 7) is 8.99. The summed E-state index contributed by atoms with van der Waals surface area (Å²) >= 11 is 0. The lowest BCUT2D eigenvalue weighted by Gasteiger charge is -2.24. The van der Waals surface area contributed by atoms with E-state index in [4.69, 9.17) is 10.5 Å². The van der Waals surface area contributed by atoms with Gasteiger partial charge in [0, 0.05) is 24.7 Å². The van der Waals surface area contributed by atoms with Crippen LogP contribution in [0, 0.1) is 0 Å². The molecular formula is C15H24N2O2. The molecule has 0 heterocycles. The van der Waals surface area contributed by atoms with Crippen molar-refractivity contribution in [1.29, 1.82) is 0 Å². The molecule has 19 heavy (non-hydrogen) atoms. The van der Waals surface area contributed by atoms with Crippen LogP contribution in [0.2, 0.25) is 0 Å². The predicted molar refractivity (Wildman–Crippen MR) is 77.1 cm³/mol. The highest BCUT2D eigenvalue weighted by molar-refractivity contribution is 5.80. The smallest absolute Gasteiger partial charge is 0.263 e. The standard InChI is InChI=1S/C15H24N2O2/c1-5-17(6-2)15(18)12(4)19-14-10-8-7-9-13(14)11(3)16/h7-12H,5-6,16H2,1-4H3/t11-,12?/m0/s1. The zero-order valence-electron chi connectivity index (χ0n) is 12.2. The van der Waals surface area contributed by atoms with E-state index in [1.54, 1.807) is 11.8 Å². The van der Waals surface area contributed by atoms with Gasteiger partial charge in [-0.05, 0) is 33.8 Å². The molecule has 4 heteroatoms. The van der Waals surface area contributed by atoms with Crippen molar-refractivity contribution in [3.05, 3.63) is 29.8 Å². The van der Waals surface area contributed by atoms with Gasteiger partial charge < -0.3 is 15.4 Å². The van der Waals surface area contributed by atoms with E-state index in [1.807, 2.05) is 45.0 Å². The summed E-state index contributed by atoms with van der Waals surface area (Å²) in [5, 5.41) is 0. The minimum Gasteiger partial charge on any atom is -0.481 e. The van der Waals surface area contributed by atoms with Crippen LogP contribution in [0.25, 0.3) is 0 Å². The van der Waals surface area contributed by atoms with Crippen LogP contribution in [-0.4, -0.2) is 30.0 Å². The van der Waals surface area contributed by atoms with E-state index in [2.05, 4.69) is 0 Å². The summed E-state index contributed by atoms with van der Waals surface area (Å²) in [7, 11) is 0. The number of likely N-dealkylation sites (N-methyl/N-ethyl adjacent to an activating group) is 1. The van der Waals surface area contributed by atoms with E-state index < -0.39 is 6.10 Å². The quantitative estimate of drug-likeness (QED) is 0.858. The van der Waals surface area contributed by atoms with Crippen molar-refractivity contribution in [2.24, 2.45) is 5.73 Å². The Hall–Kier alpha value is -1.55. The Morgan fingerprint density at radius 1 is 1.26 bits per heavy atom. The third-order valence-electron chi connectivity index (χ3n) is 3.14. The molecule has 106 valence electrons. The summed E-state index contributed by atoms with van der Waals surface area (Å²) < 4.78 is 5.78. The Kier molecular flexibility index (Phi) is 5.83. The van der Waals surface area contributed by atoms with Crippen LogP contribution in [0.3, 0.4) is 0 Å². The number of carbonyl (C=O) groups is 1. The number of rotatable bonds is 6. The van der Waals surface area contributed by atoms with E-state index in [0.29, 0.717) is 18.8 Å². The molecule has 1 amide bonds. The molecule has 1 rings (SSSR count). The molecule has 0 saturated carbocycles. The number of carbonyl (C=O) groups excluding carboxylic acids is 1. The normalized spacial score (nSPS) is 13.7. The first kappa shape index (κ1) is 15.5. The lowest BCUT2D eigenvalue weighted by Crippen LogP contribution is -2.40. The second-order valence-electron chi connectivity index (χ2n) is 4.60. The molecule has 0 spiro atoms. The van der Waals surface area contributed by atoms with Crippen molar-refractivity contribution < 1.29 is 9.53 Å². The molecule has 4 nitrogen and oxygen atoms in total. The largest absolute Gasteiger partial charge is 0.481 e. The van der Waals surface area contributed by atoms with Crippen LogP contribution in [-0.2, 0) is 4.79 Å². The van der Waals surface area contributed by atoms with Gasteiger partial charge in [0.1, 0.15) is 5.75 Å². The van der Waals surface area contributed by atoms with Gasteiger partial charge in [-0.1, -0.05) is 18.2 Å². The van der Waals surface area contributed by atoms with Gasteiger partial charge in [-0.2, -0.15) is 0 Å². The zero-order valence-corrected chi connectivity index (χ0v) is 12.2. The number of para-hydroxylation sites is 1. The van der Waals surface area contributed by atoms with Crippen molar-refractivity contribution >= 4 is 5.91 Å². The van der Waals surface area contributed by atoms with Crippen LogP contribution in [0.5, 0.6) is 5.75 Å². The Balaban J connectivity index is 2.82. The maximum Gasteiger partial charge on any atom is 0.263 e. The van der Waals surface area contributed by atoms with Gasteiger partial charge in [0.15, 0.2) is 6.10 Å². The predicted octanol–water partition coefficient (Wildman–Crippen LogP) is 2.34. The zero-order chi connectivity index (χ0) is 14.4. The second-order valence-corrected chi connectivity index (χ2v) is 4.60. The maximum atomic E-state index is 12.2. The third kappa shape index (κ3) is 3.96. The molecule has 0 radical (unpaired) electrons. The number of hydrogen-bond donors (Lipinski definition) is 1. The van der Waals surface area contributed by atoms with E-state index in [-0.39, 0.29) is 11.9 Å². The minimum absolute atomic E-state index is 0.00415. The Morgan fingerprint density at radius 2 is 1.84 bits per heavy atom. The molecule has 1 aromatic carbocycles. The van der Waals surface area contributed by atoms with E-state index in [9.17, 15) is 4.79 Å². The van der Waals surface area contributed by atoms with Crippen LogP contribution in [0.1, 0.15) is 39.3 Å². The van der Waals surface area contributed by atoms with Crippen LogP contribution in [0.15, 0.2) is 24.3 Å². The lowest BCUT2D eigenvalue weighted by molar-refractivity contribution is -0.137. The van der Waals surface area contributed by atoms with E-state index in [0.717, 1.165) is 5.56 Å². The molecule has 2 N–H and O–H groups in total. The highest BCUT2D eigenvalue weighted by atomic mass is 16.5. The monoisotopic (exact) mass is 264 g/mol. The van der Waals surface area contributed by atoms with Crippen molar-refractivity contribution in [3.8, 4) is 5.75 Å². The molecule has 0 aliphatic rings. The van der Waals surface area contributed by atoms with Crippen molar-refractivity contribution in [2.45, 2.75) is 39.8 Å². The number of hydrogen-bond acceptors (Lipinski definition) is 3. The van der Waals surface area contributed by atoms with Crippen LogP contribution >= 0.6 is 0 Å². The molecule has 0 aliphatic heterocycles. The van der Waals surface area contributed by atoms with E-state index >= 15 is 0 Å². The lowest BCUT2D eigenvalue weighted by atomic mass is 10.1. The molecule has 0 aliphatic carbocycles. The Labute approximate surface area is 115 Å². The highest BCUT2D eigenvalue weighted by Crippen LogP contribution is 2.24. The van der Waals surface area contributed by atoms with Crippen LogP contribution in [0.4, 0.5) is 0 Å². The van der Waals surface area contributed by atoms with Crippen LogP contribution < -0.4 is 10.5 Å². The van der Waals surface area contributed by atoms with Gasteiger partial charge in [0.05, 0.1) is 0 Å². The SMILES string of the molecule is CCN(CC)C(=O)C(C)Oc1ccccc1[C@H](C)N. The third-order valence-corrected chi connectivity index (χ3v) is 3.14. The van der Waals surface area contributed by atoms with Crippen molar-refractivity contribution in [2.75, 3.05) is 13.1 Å². The topological polar surface area (TPSA) is 55.6 Å². The Bertz CT molecular complexity index is 414. The Morgan fingerprint density at radius 3 is 2.37 bits per heavy atom. The molecule has 0 aromatic heterocycles. The van der Waals surface area contributed by atoms with E-state index in [1.165, 1.54) is 0 Å². The maximum absolute atomic E-state index is 12.2. The number of benzene rings is 1. The first-order valence-corrected chi connectivity index (χ1v) is 6.81. The van der Waals surface area contributed by atoms with Gasteiger partial charge in [0.25, 0.3) is 5.91 Å². The summed E-state index contributed by atoms with van der Waals surface area (Å²) in [5.74, 6) is 0.690. The fraction of sp³-hybridized carbons (Fsp3) is 0.533. The number of amides is 1. The molecule has 0 fully saturated rings. The fourth-order valence-electron chi connectivity index (χ4n) is 2.00.